The van der Waals surface area contributed by atoms with Crippen LogP contribution >= 0.6 is 0 Å². The number of nitrogens with two attached hydrogens (primary N) is 1. The van der Waals surface area contributed by atoms with Crippen molar-refractivity contribution in [3.63, 3.8) is 0 Å². The molecule has 0 saturated heterocycles. The van der Waals surface area contributed by atoms with E-state index >= 15 is 0 Å². The quantitative estimate of drug-likeness (QED) is 0.748. The number of fused-ring (bicyclic) bond motifs is 1. The highest BCUT2D eigenvalue weighted by molar-refractivity contribution is 5.80. The maximum atomic E-state index is 12.3. The Bertz CT molecular complexity index is 777. The van der Waals surface area contributed by atoms with Crippen LogP contribution < -0.4 is 11.3 Å². The van der Waals surface area contributed by atoms with Gasteiger partial charge in [-0.1, -0.05) is 24.3 Å². The first kappa shape index (κ1) is 11.4. The summed E-state index contributed by atoms with van der Waals surface area (Å²) in [6, 6.07) is 11.0. The van der Waals surface area contributed by atoms with Crippen LogP contribution in [-0.2, 0) is 6.54 Å². The molecule has 19 heavy (non-hydrogen) atoms. The van der Waals surface area contributed by atoms with Gasteiger partial charge in [-0.15, -0.1) is 0 Å². The minimum Gasteiger partial charge on any atom is -0.384 e. The minimum atomic E-state index is -0.102. The molecule has 1 aromatic carbocycles. The van der Waals surface area contributed by atoms with Gasteiger partial charge in [-0.05, 0) is 17.7 Å². The van der Waals surface area contributed by atoms with Gasteiger partial charge < -0.3 is 5.73 Å². The van der Waals surface area contributed by atoms with Crippen LogP contribution in [0.3, 0.4) is 0 Å². The van der Waals surface area contributed by atoms with E-state index in [-0.39, 0.29) is 5.56 Å². The fourth-order valence-corrected chi connectivity index (χ4v) is 1.94. The smallest absolute Gasteiger partial charge is 0.274 e. The van der Waals surface area contributed by atoms with E-state index in [0.29, 0.717) is 17.7 Å². The van der Waals surface area contributed by atoms with Gasteiger partial charge in [0, 0.05) is 11.6 Å². The molecular weight excluding hydrogens is 240 g/mol. The molecule has 0 aliphatic carbocycles. The van der Waals surface area contributed by atoms with E-state index in [1.165, 1.54) is 4.68 Å². The first-order chi connectivity index (χ1) is 9.24. The minimum absolute atomic E-state index is 0.102. The van der Waals surface area contributed by atoms with Crippen molar-refractivity contribution in [3.8, 4) is 0 Å². The molecule has 0 unspecified atom stereocenters. The second kappa shape index (κ2) is 4.53. The SMILES string of the molecule is Nc1ccc(Cn2ncc3ccccc3c2=O)cn1. The fraction of sp³-hybridized carbons (Fsp3) is 0.0714. The Balaban J connectivity index is 2.04. The lowest BCUT2D eigenvalue weighted by Gasteiger charge is -2.05. The summed E-state index contributed by atoms with van der Waals surface area (Å²) in [5.41, 5.74) is 6.32. The third kappa shape index (κ3) is 2.18. The zero-order valence-corrected chi connectivity index (χ0v) is 10.2. The van der Waals surface area contributed by atoms with Crippen molar-refractivity contribution in [1.82, 2.24) is 14.8 Å². The predicted octanol–water partition coefficient (Wildman–Crippen LogP) is 1.42. The van der Waals surface area contributed by atoms with Gasteiger partial charge in [0.25, 0.3) is 5.56 Å². The van der Waals surface area contributed by atoms with Crippen LogP contribution in [-0.4, -0.2) is 14.8 Å². The van der Waals surface area contributed by atoms with E-state index in [4.69, 9.17) is 5.73 Å². The summed E-state index contributed by atoms with van der Waals surface area (Å²) >= 11 is 0. The van der Waals surface area contributed by atoms with Crippen LogP contribution in [0.15, 0.2) is 53.6 Å². The third-order valence-corrected chi connectivity index (χ3v) is 2.94. The number of hydrogen-bond donors (Lipinski definition) is 1. The summed E-state index contributed by atoms with van der Waals surface area (Å²) in [5, 5.41) is 5.68. The highest BCUT2D eigenvalue weighted by Gasteiger charge is 2.04. The molecule has 0 saturated carbocycles. The lowest BCUT2D eigenvalue weighted by molar-refractivity contribution is 0.646. The van der Waals surface area contributed by atoms with E-state index in [1.54, 1.807) is 24.5 Å². The van der Waals surface area contributed by atoms with E-state index in [0.717, 1.165) is 10.9 Å². The van der Waals surface area contributed by atoms with Crippen molar-refractivity contribution in [2.75, 3.05) is 5.73 Å². The summed E-state index contributed by atoms with van der Waals surface area (Å²) in [7, 11) is 0. The molecule has 0 atom stereocenters. The summed E-state index contributed by atoms with van der Waals surface area (Å²) in [5.74, 6) is 0.461. The van der Waals surface area contributed by atoms with Crippen LogP contribution in [0, 0.1) is 0 Å². The molecule has 5 nitrogen and oxygen atoms in total. The molecule has 2 heterocycles. The molecule has 0 amide bonds. The average Bonchev–Trinajstić information content (AvgIpc) is 2.45. The van der Waals surface area contributed by atoms with E-state index in [1.807, 2.05) is 24.3 Å². The summed E-state index contributed by atoms with van der Waals surface area (Å²) in [6.07, 6.45) is 3.35. The maximum Gasteiger partial charge on any atom is 0.274 e. The van der Waals surface area contributed by atoms with E-state index in [9.17, 15) is 4.79 Å². The topological polar surface area (TPSA) is 73.8 Å². The van der Waals surface area contributed by atoms with Gasteiger partial charge >= 0.3 is 0 Å². The number of rotatable bonds is 2. The molecule has 0 radical (unpaired) electrons. The number of aromatic nitrogens is 3. The predicted molar refractivity (Wildman–Crippen MR) is 73.8 cm³/mol. The first-order valence-electron chi connectivity index (χ1n) is 5.89. The molecule has 3 aromatic rings. The van der Waals surface area contributed by atoms with Crippen LogP contribution in [0.2, 0.25) is 0 Å². The monoisotopic (exact) mass is 252 g/mol. The Morgan fingerprint density at radius 3 is 2.74 bits per heavy atom. The van der Waals surface area contributed by atoms with Gasteiger partial charge in [0.15, 0.2) is 0 Å². The van der Waals surface area contributed by atoms with Gasteiger partial charge in [-0.2, -0.15) is 5.10 Å². The normalized spacial score (nSPS) is 10.7. The number of anilines is 1. The molecule has 3 rings (SSSR count). The van der Waals surface area contributed by atoms with Crippen LogP contribution in [0.4, 0.5) is 5.82 Å². The van der Waals surface area contributed by atoms with Gasteiger partial charge in [0.2, 0.25) is 0 Å². The third-order valence-electron chi connectivity index (χ3n) is 2.94. The van der Waals surface area contributed by atoms with Crippen LogP contribution in [0.25, 0.3) is 10.8 Å². The zero-order chi connectivity index (χ0) is 13.2. The molecule has 0 aliphatic heterocycles. The van der Waals surface area contributed by atoms with Gasteiger partial charge in [0.05, 0.1) is 18.1 Å². The maximum absolute atomic E-state index is 12.3. The fourth-order valence-electron chi connectivity index (χ4n) is 1.94. The molecular formula is C14H12N4O. The Morgan fingerprint density at radius 1 is 1.11 bits per heavy atom. The van der Waals surface area contributed by atoms with Gasteiger partial charge in [0.1, 0.15) is 5.82 Å². The van der Waals surface area contributed by atoms with Crippen molar-refractivity contribution in [3.05, 3.63) is 64.7 Å². The van der Waals surface area contributed by atoms with Crippen LogP contribution in [0.1, 0.15) is 5.56 Å². The summed E-state index contributed by atoms with van der Waals surface area (Å²) in [4.78, 5) is 16.3. The molecule has 0 bridgehead atoms. The molecule has 2 aromatic heterocycles. The number of benzene rings is 1. The molecule has 0 aliphatic rings. The van der Waals surface area contributed by atoms with Crippen molar-refractivity contribution in [2.45, 2.75) is 6.54 Å². The lowest BCUT2D eigenvalue weighted by Crippen LogP contribution is -2.23. The van der Waals surface area contributed by atoms with Gasteiger partial charge in [-0.25, -0.2) is 9.67 Å². The number of nitrogen functional groups attached to an aromatic ring is 1. The van der Waals surface area contributed by atoms with Crippen molar-refractivity contribution in [1.29, 1.82) is 0 Å². The number of nitrogens with zero attached hydrogens (tertiary/aromatic N) is 3. The molecule has 0 fully saturated rings. The number of pyridine rings is 1. The van der Waals surface area contributed by atoms with Gasteiger partial charge in [-0.3, -0.25) is 4.79 Å². The molecule has 94 valence electrons. The average molecular weight is 252 g/mol. The van der Waals surface area contributed by atoms with E-state index in [2.05, 4.69) is 10.1 Å². The molecule has 5 heteroatoms. The Morgan fingerprint density at radius 2 is 1.95 bits per heavy atom. The molecule has 0 spiro atoms. The first-order valence-corrected chi connectivity index (χ1v) is 5.89. The Kier molecular flexibility index (Phi) is 2.72. The Hall–Kier alpha value is -2.69. The van der Waals surface area contributed by atoms with Crippen molar-refractivity contribution < 1.29 is 0 Å². The molecule has 2 N–H and O–H groups in total. The van der Waals surface area contributed by atoms with E-state index < -0.39 is 0 Å². The highest BCUT2D eigenvalue weighted by atomic mass is 16.1. The lowest BCUT2D eigenvalue weighted by atomic mass is 10.2. The standard InChI is InChI=1S/C14H12N4O/c15-13-6-5-10(7-16-13)9-18-14(19)12-4-2-1-3-11(12)8-17-18/h1-8H,9H2,(H2,15,16). The zero-order valence-electron chi connectivity index (χ0n) is 10.2. The van der Waals surface area contributed by atoms with Crippen molar-refractivity contribution >= 4 is 16.6 Å². The second-order valence-electron chi connectivity index (χ2n) is 4.29. The summed E-state index contributed by atoms with van der Waals surface area (Å²) < 4.78 is 1.43. The highest BCUT2D eigenvalue weighted by Crippen LogP contribution is 2.07. The Labute approximate surface area is 109 Å². The summed E-state index contributed by atoms with van der Waals surface area (Å²) in [6.45, 7) is 0.386. The number of hydrogen-bond acceptors (Lipinski definition) is 4. The van der Waals surface area contributed by atoms with Crippen LogP contribution in [0.5, 0.6) is 0 Å². The van der Waals surface area contributed by atoms with Crippen molar-refractivity contribution in [2.24, 2.45) is 0 Å². The second-order valence-corrected chi connectivity index (χ2v) is 4.29. The largest absolute Gasteiger partial charge is 0.384 e.